The van der Waals surface area contributed by atoms with E-state index in [4.69, 9.17) is 5.11 Å². The van der Waals surface area contributed by atoms with E-state index in [1.807, 2.05) is 24.8 Å². The molecule has 1 aliphatic heterocycles. The topological polar surface area (TPSA) is 49.3 Å². The van der Waals surface area contributed by atoms with Crippen LogP contribution in [0.1, 0.15) is 28.8 Å². The third-order valence-corrected chi connectivity index (χ3v) is 4.30. The van der Waals surface area contributed by atoms with Gasteiger partial charge in [-0.2, -0.15) is 11.8 Å². The maximum atomic E-state index is 11.0. The van der Waals surface area contributed by atoms with Gasteiger partial charge in [-0.05, 0) is 43.2 Å². The normalized spacial score (nSPS) is 19.9. The lowest BCUT2D eigenvalue weighted by Gasteiger charge is -2.24. The molecule has 1 saturated heterocycles. The molecule has 1 aromatic carbocycles. The number of anilines is 1. The van der Waals surface area contributed by atoms with Crippen LogP contribution in [0.5, 0.6) is 0 Å². The first kappa shape index (κ1) is 12.3. The maximum absolute atomic E-state index is 11.0. The van der Waals surface area contributed by atoms with Crippen LogP contribution in [0.25, 0.3) is 0 Å². The van der Waals surface area contributed by atoms with Gasteiger partial charge in [0.15, 0.2) is 0 Å². The van der Waals surface area contributed by atoms with Crippen molar-refractivity contribution in [2.75, 3.05) is 16.8 Å². The Kier molecular flexibility index (Phi) is 3.94. The first-order valence-electron chi connectivity index (χ1n) is 5.85. The average Bonchev–Trinajstić information content (AvgIpc) is 2.33. The molecule has 92 valence electrons. The third kappa shape index (κ3) is 2.94. The van der Waals surface area contributed by atoms with Crippen molar-refractivity contribution in [3.8, 4) is 0 Å². The first-order chi connectivity index (χ1) is 8.18. The molecule has 1 atom stereocenters. The fourth-order valence-electron chi connectivity index (χ4n) is 2.10. The predicted octanol–water partition coefficient (Wildman–Crippen LogP) is 3.00. The van der Waals surface area contributed by atoms with E-state index < -0.39 is 5.97 Å². The highest BCUT2D eigenvalue weighted by Crippen LogP contribution is 2.24. The smallest absolute Gasteiger partial charge is 0.336 e. The van der Waals surface area contributed by atoms with Crippen molar-refractivity contribution in [1.29, 1.82) is 0 Å². The van der Waals surface area contributed by atoms with Gasteiger partial charge >= 0.3 is 5.97 Å². The quantitative estimate of drug-likeness (QED) is 0.867. The molecule has 2 rings (SSSR count). The van der Waals surface area contributed by atoms with Gasteiger partial charge in [0.05, 0.1) is 5.56 Å². The summed E-state index contributed by atoms with van der Waals surface area (Å²) in [6.07, 6.45) is 2.41. The minimum absolute atomic E-state index is 0.387. The van der Waals surface area contributed by atoms with Gasteiger partial charge in [-0.25, -0.2) is 4.79 Å². The molecule has 0 bridgehead atoms. The Morgan fingerprint density at radius 1 is 1.53 bits per heavy atom. The van der Waals surface area contributed by atoms with E-state index in [9.17, 15) is 4.79 Å². The standard InChI is InChI=1S/C13H17NO2S/c1-9-11(13(15)16)5-2-6-12(9)14-10-4-3-7-17-8-10/h2,5-6,10,14H,3-4,7-8H2,1H3,(H,15,16). The summed E-state index contributed by atoms with van der Waals surface area (Å²) >= 11 is 1.96. The summed E-state index contributed by atoms with van der Waals surface area (Å²) in [5.74, 6) is 1.49. The fourth-order valence-corrected chi connectivity index (χ4v) is 3.17. The van der Waals surface area contributed by atoms with Gasteiger partial charge in [0.2, 0.25) is 0 Å². The summed E-state index contributed by atoms with van der Waals surface area (Å²) in [4.78, 5) is 11.0. The van der Waals surface area contributed by atoms with Crippen LogP contribution in [0.15, 0.2) is 18.2 Å². The van der Waals surface area contributed by atoms with E-state index in [1.165, 1.54) is 18.6 Å². The highest BCUT2D eigenvalue weighted by Gasteiger charge is 2.16. The zero-order valence-electron chi connectivity index (χ0n) is 9.90. The largest absolute Gasteiger partial charge is 0.478 e. The Morgan fingerprint density at radius 3 is 3.00 bits per heavy atom. The van der Waals surface area contributed by atoms with Crippen LogP contribution >= 0.6 is 11.8 Å². The number of carboxylic acids is 1. The van der Waals surface area contributed by atoms with Crippen LogP contribution in [-0.4, -0.2) is 28.6 Å². The highest BCUT2D eigenvalue weighted by molar-refractivity contribution is 7.99. The molecule has 0 spiro atoms. The molecule has 1 aliphatic rings. The molecule has 0 aliphatic carbocycles. The van der Waals surface area contributed by atoms with Crippen LogP contribution < -0.4 is 5.32 Å². The van der Waals surface area contributed by atoms with E-state index in [1.54, 1.807) is 12.1 Å². The number of hydrogen-bond donors (Lipinski definition) is 2. The third-order valence-electron chi connectivity index (χ3n) is 3.08. The Labute approximate surface area is 106 Å². The van der Waals surface area contributed by atoms with E-state index in [0.717, 1.165) is 17.0 Å². The molecular weight excluding hydrogens is 234 g/mol. The van der Waals surface area contributed by atoms with Crippen molar-refractivity contribution in [2.24, 2.45) is 0 Å². The summed E-state index contributed by atoms with van der Waals surface area (Å²) in [7, 11) is 0. The number of hydrogen-bond acceptors (Lipinski definition) is 3. The van der Waals surface area contributed by atoms with Crippen molar-refractivity contribution >= 4 is 23.4 Å². The molecule has 1 fully saturated rings. The Hall–Kier alpha value is -1.16. The number of carboxylic acid groups (broad SMARTS) is 1. The molecule has 3 nitrogen and oxygen atoms in total. The van der Waals surface area contributed by atoms with Gasteiger partial charge in [0.25, 0.3) is 0 Å². The van der Waals surface area contributed by atoms with Crippen LogP contribution in [-0.2, 0) is 0 Å². The number of aromatic carboxylic acids is 1. The molecule has 0 amide bonds. The number of carbonyl (C=O) groups is 1. The van der Waals surface area contributed by atoms with Crippen LogP contribution in [0.4, 0.5) is 5.69 Å². The van der Waals surface area contributed by atoms with Crippen molar-refractivity contribution in [2.45, 2.75) is 25.8 Å². The van der Waals surface area contributed by atoms with Gasteiger partial charge in [0.1, 0.15) is 0 Å². The minimum atomic E-state index is -0.857. The summed E-state index contributed by atoms with van der Waals surface area (Å²) in [5.41, 5.74) is 2.17. The molecule has 0 radical (unpaired) electrons. The zero-order chi connectivity index (χ0) is 12.3. The minimum Gasteiger partial charge on any atom is -0.478 e. The number of benzene rings is 1. The Morgan fingerprint density at radius 2 is 2.35 bits per heavy atom. The van der Waals surface area contributed by atoms with E-state index >= 15 is 0 Å². The van der Waals surface area contributed by atoms with E-state index in [-0.39, 0.29) is 0 Å². The zero-order valence-corrected chi connectivity index (χ0v) is 10.7. The lowest BCUT2D eigenvalue weighted by atomic mass is 10.1. The Bertz CT molecular complexity index is 414. The number of nitrogens with one attached hydrogen (secondary N) is 1. The SMILES string of the molecule is Cc1c(NC2CCCSC2)cccc1C(=O)O. The maximum Gasteiger partial charge on any atom is 0.336 e. The highest BCUT2D eigenvalue weighted by atomic mass is 32.2. The van der Waals surface area contributed by atoms with Gasteiger partial charge < -0.3 is 10.4 Å². The lowest BCUT2D eigenvalue weighted by molar-refractivity contribution is 0.0696. The fraction of sp³-hybridized carbons (Fsp3) is 0.462. The van der Waals surface area contributed by atoms with Gasteiger partial charge in [-0.15, -0.1) is 0 Å². The van der Waals surface area contributed by atoms with Crippen molar-refractivity contribution in [3.05, 3.63) is 29.3 Å². The lowest BCUT2D eigenvalue weighted by Crippen LogP contribution is -2.26. The summed E-state index contributed by atoms with van der Waals surface area (Å²) in [6, 6.07) is 5.88. The van der Waals surface area contributed by atoms with E-state index in [2.05, 4.69) is 5.32 Å². The van der Waals surface area contributed by atoms with Crippen LogP contribution in [0, 0.1) is 6.92 Å². The summed E-state index contributed by atoms with van der Waals surface area (Å²) in [5, 5.41) is 12.5. The van der Waals surface area contributed by atoms with Crippen LogP contribution in [0.2, 0.25) is 0 Å². The summed E-state index contributed by atoms with van der Waals surface area (Å²) < 4.78 is 0. The Balaban J connectivity index is 2.15. The second-order valence-electron chi connectivity index (χ2n) is 4.34. The van der Waals surface area contributed by atoms with Gasteiger partial charge in [0, 0.05) is 17.5 Å². The first-order valence-corrected chi connectivity index (χ1v) is 7.01. The molecule has 0 saturated carbocycles. The second-order valence-corrected chi connectivity index (χ2v) is 5.49. The van der Waals surface area contributed by atoms with Crippen molar-refractivity contribution in [1.82, 2.24) is 0 Å². The van der Waals surface area contributed by atoms with E-state index in [0.29, 0.717) is 11.6 Å². The van der Waals surface area contributed by atoms with Crippen molar-refractivity contribution in [3.63, 3.8) is 0 Å². The average molecular weight is 251 g/mol. The second kappa shape index (κ2) is 5.45. The molecule has 1 aromatic rings. The molecule has 2 N–H and O–H groups in total. The predicted molar refractivity (Wildman–Crippen MR) is 72.1 cm³/mol. The number of thioether (sulfide) groups is 1. The molecule has 1 unspecified atom stereocenters. The molecular formula is C13H17NO2S. The monoisotopic (exact) mass is 251 g/mol. The molecule has 17 heavy (non-hydrogen) atoms. The van der Waals surface area contributed by atoms with Crippen molar-refractivity contribution < 1.29 is 9.90 Å². The molecule has 1 heterocycles. The molecule has 4 heteroatoms. The molecule has 0 aromatic heterocycles. The van der Waals surface area contributed by atoms with Gasteiger partial charge in [-0.3, -0.25) is 0 Å². The summed E-state index contributed by atoms with van der Waals surface area (Å²) in [6.45, 7) is 1.86. The van der Waals surface area contributed by atoms with Gasteiger partial charge in [-0.1, -0.05) is 6.07 Å². The van der Waals surface area contributed by atoms with Crippen LogP contribution in [0.3, 0.4) is 0 Å². The number of rotatable bonds is 3.